The molecule has 3 rings (SSSR count). The van der Waals surface area contributed by atoms with E-state index in [9.17, 15) is 22.7 Å². The van der Waals surface area contributed by atoms with Crippen molar-refractivity contribution in [1.29, 1.82) is 0 Å². The van der Waals surface area contributed by atoms with Crippen LogP contribution >= 0.6 is 0 Å². The van der Waals surface area contributed by atoms with Crippen LogP contribution in [0.3, 0.4) is 0 Å². The molecule has 0 bridgehead atoms. The van der Waals surface area contributed by atoms with Crippen molar-refractivity contribution in [2.24, 2.45) is 11.7 Å². The second-order valence-corrected chi connectivity index (χ2v) is 12.2. The number of hydrogen-bond acceptors (Lipinski definition) is 6. The van der Waals surface area contributed by atoms with Crippen LogP contribution in [0.1, 0.15) is 38.7 Å². The van der Waals surface area contributed by atoms with E-state index in [4.69, 9.17) is 11.5 Å². The monoisotopic (exact) mass is 558 g/mol. The Labute approximate surface area is 230 Å². The lowest BCUT2D eigenvalue weighted by atomic mass is 10.0. The van der Waals surface area contributed by atoms with Crippen LogP contribution in [-0.2, 0) is 21.2 Å². The van der Waals surface area contributed by atoms with Crippen molar-refractivity contribution in [3.8, 4) is 0 Å². The maximum atomic E-state index is 13.6. The first-order valence-electron chi connectivity index (χ1n) is 13.2. The van der Waals surface area contributed by atoms with Crippen molar-refractivity contribution in [2.45, 2.75) is 56.5 Å². The average Bonchev–Trinajstić information content (AvgIpc) is 2.90. The van der Waals surface area contributed by atoms with Crippen molar-refractivity contribution in [2.75, 3.05) is 25.4 Å². The lowest BCUT2D eigenvalue weighted by Crippen LogP contribution is -2.44. The summed E-state index contributed by atoms with van der Waals surface area (Å²) >= 11 is 0. The standard InChI is InChI=1S/C29H39FN4O4S/c1-20(2)18-34(39(37,38)25-12-13-26(30)27(31)17-25)24(19-35)9-5-6-14-33-29(36)28(32)16-21-10-11-22-7-3-4-8-23(22)15-21/h3-4,7-8,10-13,15,17,20,24,28,35H,5-6,9,14,16,18-19,31-32H2,1-2H3,(H,33,36)/t24-,28-/m0/s1. The second kappa shape index (κ2) is 13.8. The van der Waals surface area contributed by atoms with Crippen molar-refractivity contribution < 1.29 is 22.7 Å². The largest absolute Gasteiger partial charge is 0.396 e. The third-order valence-electron chi connectivity index (χ3n) is 6.61. The molecule has 39 heavy (non-hydrogen) atoms. The van der Waals surface area contributed by atoms with Crippen LogP contribution in [-0.4, -0.2) is 55.5 Å². The first-order valence-corrected chi connectivity index (χ1v) is 14.7. The summed E-state index contributed by atoms with van der Waals surface area (Å²) in [5.41, 5.74) is 12.5. The van der Waals surface area contributed by atoms with Crippen LogP contribution in [0, 0.1) is 11.7 Å². The molecule has 10 heteroatoms. The van der Waals surface area contributed by atoms with Gasteiger partial charge in [-0.2, -0.15) is 4.31 Å². The molecule has 0 aliphatic heterocycles. The molecule has 0 unspecified atom stereocenters. The number of halogens is 1. The van der Waals surface area contributed by atoms with E-state index in [0.717, 1.165) is 28.5 Å². The summed E-state index contributed by atoms with van der Waals surface area (Å²) in [7, 11) is -4.02. The number of amides is 1. The molecule has 0 saturated carbocycles. The van der Waals surface area contributed by atoms with E-state index in [0.29, 0.717) is 32.2 Å². The highest BCUT2D eigenvalue weighted by Gasteiger charge is 2.32. The lowest BCUT2D eigenvalue weighted by molar-refractivity contribution is -0.122. The molecule has 0 saturated heterocycles. The molecule has 0 aromatic heterocycles. The second-order valence-electron chi connectivity index (χ2n) is 10.3. The highest BCUT2D eigenvalue weighted by atomic mass is 32.2. The Bertz CT molecular complexity index is 1370. The number of carbonyl (C=O) groups is 1. The van der Waals surface area contributed by atoms with E-state index in [1.54, 1.807) is 0 Å². The number of sulfonamides is 1. The molecule has 0 aliphatic carbocycles. The first kappa shape index (κ1) is 30.5. The summed E-state index contributed by atoms with van der Waals surface area (Å²) in [6.45, 7) is 3.96. The van der Waals surface area contributed by atoms with Crippen LogP contribution < -0.4 is 16.8 Å². The summed E-state index contributed by atoms with van der Waals surface area (Å²) in [5.74, 6) is -0.947. The van der Waals surface area contributed by atoms with Gasteiger partial charge in [0, 0.05) is 19.1 Å². The van der Waals surface area contributed by atoms with Gasteiger partial charge >= 0.3 is 0 Å². The fourth-order valence-corrected chi connectivity index (χ4v) is 6.35. The number of carbonyl (C=O) groups excluding carboxylic acids is 1. The Morgan fingerprint density at radius 1 is 1.05 bits per heavy atom. The number of nitrogens with two attached hydrogens (primary N) is 2. The summed E-state index contributed by atoms with van der Waals surface area (Å²) in [6.07, 6.45) is 1.96. The molecule has 3 aromatic rings. The van der Waals surface area contributed by atoms with Gasteiger partial charge in [0.2, 0.25) is 15.9 Å². The van der Waals surface area contributed by atoms with Gasteiger partial charge in [0.15, 0.2) is 0 Å². The average molecular weight is 559 g/mol. The Morgan fingerprint density at radius 2 is 1.77 bits per heavy atom. The maximum Gasteiger partial charge on any atom is 0.243 e. The molecule has 0 aliphatic rings. The number of benzene rings is 3. The molecular formula is C29H39FN4O4S. The number of nitrogens with zero attached hydrogens (tertiary/aromatic N) is 1. The van der Waals surface area contributed by atoms with Gasteiger partial charge in [-0.3, -0.25) is 4.79 Å². The molecular weight excluding hydrogens is 519 g/mol. The molecule has 0 radical (unpaired) electrons. The quantitative estimate of drug-likeness (QED) is 0.177. The number of aliphatic hydroxyl groups is 1. The SMILES string of the molecule is CC(C)CN([C@H](CO)CCCCNC(=O)[C@@H](N)Cc1ccc2ccccc2c1)S(=O)(=O)c1ccc(F)c(N)c1. The zero-order valence-corrected chi connectivity index (χ0v) is 23.3. The van der Waals surface area contributed by atoms with E-state index >= 15 is 0 Å². The van der Waals surface area contributed by atoms with Crippen molar-refractivity contribution in [1.82, 2.24) is 9.62 Å². The number of fused-ring (bicyclic) bond motifs is 1. The summed E-state index contributed by atoms with van der Waals surface area (Å²) in [4.78, 5) is 12.4. The third-order valence-corrected chi connectivity index (χ3v) is 8.52. The number of rotatable bonds is 14. The molecule has 8 nitrogen and oxygen atoms in total. The van der Waals surface area contributed by atoms with Gasteiger partial charge in [0.25, 0.3) is 0 Å². The molecule has 2 atom stereocenters. The molecule has 0 fully saturated rings. The maximum absolute atomic E-state index is 13.6. The molecule has 1 amide bonds. The van der Waals surface area contributed by atoms with Gasteiger partial charge in [-0.05, 0) is 59.7 Å². The Morgan fingerprint density at radius 3 is 2.44 bits per heavy atom. The van der Waals surface area contributed by atoms with Gasteiger partial charge in [0.1, 0.15) is 5.82 Å². The normalized spacial score (nSPS) is 13.6. The molecule has 0 spiro atoms. The number of anilines is 1. The van der Waals surface area contributed by atoms with E-state index in [1.807, 2.05) is 56.3 Å². The molecule has 0 heterocycles. The summed E-state index contributed by atoms with van der Waals surface area (Å²) in [6, 6.07) is 16.0. The van der Waals surface area contributed by atoms with E-state index in [1.165, 1.54) is 10.4 Å². The molecule has 212 valence electrons. The van der Waals surface area contributed by atoms with Crippen LogP contribution in [0.15, 0.2) is 65.6 Å². The predicted octanol–water partition coefficient (Wildman–Crippen LogP) is 3.43. The number of hydrogen-bond donors (Lipinski definition) is 4. The predicted molar refractivity (Wildman–Crippen MR) is 153 cm³/mol. The fourth-order valence-electron chi connectivity index (χ4n) is 4.51. The van der Waals surface area contributed by atoms with E-state index in [2.05, 4.69) is 5.32 Å². The highest BCUT2D eigenvalue weighted by Crippen LogP contribution is 2.25. The number of aliphatic hydroxyl groups excluding tert-OH is 1. The van der Waals surface area contributed by atoms with Gasteiger partial charge in [-0.1, -0.05) is 62.7 Å². The number of nitrogens with one attached hydrogen (secondary N) is 1. The van der Waals surface area contributed by atoms with Gasteiger partial charge < -0.3 is 21.9 Å². The number of unbranched alkanes of at least 4 members (excludes halogenated alkanes) is 1. The summed E-state index contributed by atoms with van der Waals surface area (Å²) < 4.78 is 41.6. The van der Waals surface area contributed by atoms with Gasteiger partial charge in [0.05, 0.1) is 23.2 Å². The first-order chi connectivity index (χ1) is 18.5. The van der Waals surface area contributed by atoms with Crippen molar-refractivity contribution in [3.05, 3.63) is 72.0 Å². The minimum Gasteiger partial charge on any atom is -0.396 e. The van der Waals surface area contributed by atoms with Gasteiger partial charge in [-0.15, -0.1) is 0 Å². The summed E-state index contributed by atoms with van der Waals surface area (Å²) in [5, 5.41) is 15.1. The highest BCUT2D eigenvalue weighted by molar-refractivity contribution is 7.89. The van der Waals surface area contributed by atoms with Crippen LogP contribution in [0.5, 0.6) is 0 Å². The third kappa shape index (κ3) is 8.22. The Kier molecular flexibility index (Phi) is 10.8. The molecule has 3 aromatic carbocycles. The van der Waals surface area contributed by atoms with E-state index < -0.39 is 27.9 Å². The molecule has 6 N–H and O–H groups in total. The topological polar surface area (TPSA) is 139 Å². The lowest BCUT2D eigenvalue weighted by Gasteiger charge is -2.31. The zero-order valence-electron chi connectivity index (χ0n) is 22.5. The fraction of sp³-hybridized carbons (Fsp3) is 0.414. The Hall–Kier alpha value is -3.05. The smallest absolute Gasteiger partial charge is 0.243 e. The van der Waals surface area contributed by atoms with Crippen molar-refractivity contribution >= 4 is 32.4 Å². The minimum atomic E-state index is -4.02. The van der Waals surface area contributed by atoms with Crippen LogP contribution in [0.25, 0.3) is 10.8 Å². The minimum absolute atomic E-state index is 0.00463. The zero-order chi connectivity index (χ0) is 28.6. The van der Waals surface area contributed by atoms with Crippen LogP contribution in [0.4, 0.5) is 10.1 Å². The van der Waals surface area contributed by atoms with E-state index in [-0.39, 0.29) is 35.6 Å². The van der Waals surface area contributed by atoms with Gasteiger partial charge in [-0.25, -0.2) is 12.8 Å². The number of nitrogen functional groups attached to an aromatic ring is 1. The van der Waals surface area contributed by atoms with Crippen molar-refractivity contribution in [3.63, 3.8) is 0 Å². The Balaban J connectivity index is 1.53. The van der Waals surface area contributed by atoms with Crippen LogP contribution in [0.2, 0.25) is 0 Å².